The van der Waals surface area contributed by atoms with Crippen molar-refractivity contribution in [3.05, 3.63) is 0 Å². The summed E-state index contributed by atoms with van der Waals surface area (Å²) in [5.74, 6) is 0. The summed E-state index contributed by atoms with van der Waals surface area (Å²) in [6.45, 7) is 0. The molecule has 0 aliphatic heterocycles. The molecule has 2 rings (SSSR count). The summed E-state index contributed by atoms with van der Waals surface area (Å²) in [6.07, 6.45) is 10.0. The summed E-state index contributed by atoms with van der Waals surface area (Å²) < 4.78 is 0. The highest BCUT2D eigenvalue weighted by Crippen LogP contribution is 2.28. The first-order valence-electron chi connectivity index (χ1n) is 6.90. The average Bonchev–Trinajstić information content (AvgIpc) is 2.30. The van der Waals surface area contributed by atoms with Crippen LogP contribution in [0.15, 0.2) is 0 Å². The van der Waals surface area contributed by atoms with Gasteiger partial charge in [-0.3, -0.25) is 0 Å². The summed E-state index contributed by atoms with van der Waals surface area (Å²) in [5.41, 5.74) is 11.9. The van der Waals surface area contributed by atoms with Gasteiger partial charge in [0.1, 0.15) is 0 Å². The van der Waals surface area contributed by atoms with Gasteiger partial charge >= 0.3 is 0 Å². The molecule has 94 valence electrons. The lowest BCUT2D eigenvalue weighted by molar-refractivity contribution is 0.103. The summed E-state index contributed by atoms with van der Waals surface area (Å²) in [6, 6.07) is 2.48. The van der Waals surface area contributed by atoms with E-state index in [1.807, 2.05) is 0 Å². The first-order valence-corrected chi connectivity index (χ1v) is 6.90. The minimum absolute atomic E-state index is 0.462. The maximum atomic E-state index is 5.96. The summed E-state index contributed by atoms with van der Waals surface area (Å²) >= 11 is 0. The van der Waals surface area contributed by atoms with Crippen LogP contribution in [0.25, 0.3) is 0 Å². The van der Waals surface area contributed by atoms with Crippen molar-refractivity contribution >= 4 is 0 Å². The molecule has 2 aliphatic rings. The van der Waals surface area contributed by atoms with Crippen molar-refractivity contribution in [3.63, 3.8) is 0 Å². The van der Waals surface area contributed by atoms with Crippen LogP contribution in [0.4, 0.5) is 0 Å². The van der Waals surface area contributed by atoms with Crippen molar-refractivity contribution in [2.24, 2.45) is 11.5 Å². The van der Waals surface area contributed by atoms with Crippen LogP contribution in [-0.4, -0.2) is 36.1 Å². The van der Waals surface area contributed by atoms with E-state index in [2.05, 4.69) is 11.9 Å². The Hall–Kier alpha value is -0.120. The van der Waals surface area contributed by atoms with Crippen LogP contribution in [0.3, 0.4) is 0 Å². The third kappa shape index (κ3) is 2.96. The van der Waals surface area contributed by atoms with E-state index in [0.717, 1.165) is 12.1 Å². The fourth-order valence-corrected chi connectivity index (χ4v) is 3.32. The zero-order valence-corrected chi connectivity index (χ0v) is 10.6. The molecular weight excluding hydrogens is 198 g/mol. The number of rotatable bonds is 2. The average molecular weight is 225 g/mol. The normalized spacial score (nSPS) is 41.2. The van der Waals surface area contributed by atoms with Crippen molar-refractivity contribution < 1.29 is 0 Å². The molecule has 0 spiro atoms. The Balaban J connectivity index is 1.80. The lowest BCUT2D eigenvalue weighted by Crippen LogP contribution is -2.46. The Bertz CT molecular complexity index is 181. The van der Waals surface area contributed by atoms with Gasteiger partial charge in [0.2, 0.25) is 0 Å². The molecule has 3 heteroatoms. The van der Waals surface area contributed by atoms with E-state index in [0.29, 0.717) is 12.1 Å². The Kier molecular flexibility index (Phi) is 4.22. The molecule has 0 radical (unpaired) electrons. The first-order chi connectivity index (χ1) is 7.66. The lowest BCUT2D eigenvalue weighted by atomic mass is 9.86. The van der Waals surface area contributed by atoms with Crippen molar-refractivity contribution in [2.45, 2.75) is 75.5 Å². The SMILES string of the molecule is CN(C1CCC(N)CC1)C1CCC(N)CC1. The van der Waals surface area contributed by atoms with Crippen molar-refractivity contribution in [1.29, 1.82) is 0 Å². The largest absolute Gasteiger partial charge is 0.328 e. The lowest BCUT2D eigenvalue weighted by Gasteiger charge is -2.41. The third-order valence-electron chi connectivity index (χ3n) is 4.63. The van der Waals surface area contributed by atoms with Crippen LogP contribution < -0.4 is 11.5 Å². The fourth-order valence-electron chi connectivity index (χ4n) is 3.32. The van der Waals surface area contributed by atoms with Gasteiger partial charge in [0.05, 0.1) is 0 Å². The van der Waals surface area contributed by atoms with Gasteiger partial charge in [0.15, 0.2) is 0 Å². The molecule has 4 N–H and O–H groups in total. The van der Waals surface area contributed by atoms with E-state index in [9.17, 15) is 0 Å². The van der Waals surface area contributed by atoms with Crippen LogP contribution in [0.2, 0.25) is 0 Å². The van der Waals surface area contributed by atoms with E-state index < -0.39 is 0 Å². The predicted octanol–water partition coefficient (Wildman–Crippen LogP) is 1.46. The van der Waals surface area contributed by atoms with Gasteiger partial charge in [-0.2, -0.15) is 0 Å². The molecule has 0 aromatic rings. The van der Waals surface area contributed by atoms with Crippen molar-refractivity contribution in [2.75, 3.05) is 7.05 Å². The van der Waals surface area contributed by atoms with Gasteiger partial charge in [0, 0.05) is 24.2 Å². The van der Waals surface area contributed by atoms with Crippen LogP contribution in [0, 0.1) is 0 Å². The molecule has 0 amide bonds. The zero-order valence-electron chi connectivity index (χ0n) is 10.6. The van der Waals surface area contributed by atoms with E-state index >= 15 is 0 Å². The molecule has 0 unspecified atom stereocenters. The summed E-state index contributed by atoms with van der Waals surface area (Å²) in [7, 11) is 2.31. The van der Waals surface area contributed by atoms with Crippen LogP contribution in [-0.2, 0) is 0 Å². The van der Waals surface area contributed by atoms with E-state index in [4.69, 9.17) is 11.5 Å². The Morgan fingerprint density at radius 2 is 1.00 bits per heavy atom. The molecule has 0 bridgehead atoms. The van der Waals surface area contributed by atoms with Crippen LogP contribution in [0.5, 0.6) is 0 Å². The topological polar surface area (TPSA) is 55.3 Å². The third-order valence-corrected chi connectivity index (χ3v) is 4.63. The van der Waals surface area contributed by atoms with Crippen LogP contribution >= 0.6 is 0 Å². The van der Waals surface area contributed by atoms with Gasteiger partial charge < -0.3 is 16.4 Å². The standard InChI is InChI=1S/C13H27N3/c1-16(12-6-2-10(14)3-7-12)13-8-4-11(15)5-9-13/h10-13H,2-9,14-15H2,1H3. The molecule has 2 aliphatic carbocycles. The molecule has 0 heterocycles. The molecular formula is C13H27N3. The molecule has 0 saturated heterocycles. The minimum atomic E-state index is 0.462. The fraction of sp³-hybridized carbons (Fsp3) is 1.00. The van der Waals surface area contributed by atoms with E-state index in [1.165, 1.54) is 51.4 Å². The smallest absolute Gasteiger partial charge is 0.00962 e. The monoisotopic (exact) mass is 225 g/mol. The molecule has 0 aromatic heterocycles. The Labute approximate surface area is 99.5 Å². The van der Waals surface area contributed by atoms with Gasteiger partial charge in [-0.15, -0.1) is 0 Å². The Morgan fingerprint density at radius 3 is 1.31 bits per heavy atom. The molecule has 2 fully saturated rings. The minimum Gasteiger partial charge on any atom is -0.328 e. The molecule has 3 nitrogen and oxygen atoms in total. The van der Waals surface area contributed by atoms with Gasteiger partial charge in [0.25, 0.3) is 0 Å². The summed E-state index contributed by atoms with van der Waals surface area (Å²) in [5, 5.41) is 0. The van der Waals surface area contributed by atoms with Gasteiger partial charge in [-0.1, -0.05) is 0 Å². The zero-order chi connectivity index (χ0) is 11.5. The second kappa shape index (κ2) is 5.48. The van der Waals surface area contributed by atoms with Crippen molar-refractivity contribution in [3.8, 4) is 0 Å². The number of hydrogen-bond acceptors (Lipinski definition) is 3. The molecule has 2 saturated carbocycles. The van der Waals surface area contributed by atoms with E-state index in [1.54, 1.807) is 0 Å². The highest BCUT2D eigenvalue weighted by molar-refractivity contribution is 4.86. The highest BCUT2D eigenvalue weighted by Gasteiger charge is 2.28. The van der Waals surface area contributed by atoms with Gasteiger partial charge in [-0.25, -0.2) is 0 Å². The summed E-state index contributed by atoms with van der Waals surface area (Å²) in [4.78, 5) is 2.62. The Morgan fingerprint density at radius 1 is 0.688 bits per heavy atom. The molecule has 16 heavy (non-hydrogen) atoms. The number of nitrogens with zero attached hydrogens (tertiary/aromatic N) is 1. The quantitative estimate of drug-likeness (QED) is 0.748. The van der Waals surface area contributed by atoms with Crippen LogP contribution in [0.1, 0.15) is 51.4 Å². The maximum absolute atomic E-state index is 5.96. The van der Waals surface area contributed by atoms with E-state index in [-0.39, 0.29) is 0 Å². The van der Waals surface area contributed by atoms with Gasteiger partial charge in [-0.05, 0) is 58.4 Å². The van der Waals surface area contributed by atoms with Crippen molar-refractivity contribution in [1.82, 2.24) is 4.90 Å². The number of nitrogens with two attached hydrogens (primary N) is 2. The second-order valence-corrected chi connectivity index (χ2v) is 5.80. The predicted molar refractivity (Wildman–Crippen MR) is 68.2 cm³/mol. The second-order valence-electron chi connectivity index (χ2n) is 5.80. The maximum Gasteiger partial charge on any atom is 0.00962 e. The highest BCUT2D eigenvalue weighted by atomic mass is 15.2. The molecule has 0 atom stereocenters. The molecule has 0 aromatic carbocycles. The number of hydrogen-bond donors (Lipinski definition) is 2. The first kappa shape index (κ1) is 12.3.